The van der Waals surface area contributed by atoms with E-state index in [-0.39, 0.29) is 30.8 Å². The smallest absolute Gasteiger partial charge is 0.313 e. The van der Waals surface area contributed by atoms with Crippen molar-refractivity contribution in [3.05, 3.63) is 33.2 Å². The summed E-state index contributed by atoms with van der Waals surface area (Å²) in [6.45, 7) is 3.08. The van der Waals surface area contributed by atoms with Gasteiger partial charge in [-0.05, 0) is 25.0 Å². The predicted octanol–water partition coefficient (Wildman–Crippen LogP) is 1.52. The second-order valence-corrected chi connectivity index (χ2v) is 6.68. The molecule has 0 aromatic carbocycles. The first-order valence-electron chi connectivity index (χ1n) is 9.34. The van der Waals surface area contributed by atoms with Crippen LogP contribution in [0.2, 0.25) is 0 Å². The largest absolute Gasteiger partial charge is 0.466 e. The van der Waals surface area contributed by atoms with Gasteiger partial charge in [-0.15, -0.1) is 0 Å². The van der Waals surface area contributed by atoms with Crippen molar-refractivity contribution in [3.63, 3.8) is 0 Å². The van der Waals surface area contributed by atoms with Crippen molar-refractivity contribution in [2.45, 2.75) is 51.5 Å². The zero-order chi connectivity index (χ0) is 20.3. The molecule has 1 saturated heterocycles. The molecule has 3 heterocycles. The van der Waals surface area contributed by atoms with Crippen LogP contribution in [0.1, 0.15) is 49.4 Å². The Kier molecular flexibility index (Phi) is 6.14. The van der Waals surface area contributed by atoms with Crippen molar-refractivity contribution in [1.29, 1.82) is 0 Å². The molecule has 28 heavy (non-hydrogen) atoms. The summed E-state index contributed by atoms with van der Waals surface area (Å²) in [7, 11) is 0. The topological polar surface area (TPSA) is 93.1 Å². The SMILES string of the molecule is CCOC(=O)C(CCF)c1cc2n(c(=O)c1COC(C)=O)CCC21OCCO1. The van der Waals surface area contributed by atoms with E-state index in [0.29, 0.717) is 31.9 Å². The zero-order valence-corrected chi connectivity index (χ0v) is 16.0. The molecule has 9 heteroatoms. The molecule has 1 fully saturated rings. The van der Waals surface area contributed by atoms with Gasteiger partial charge in [-0.1, -0.05) is 0 Å². The van der Waals surface area contributed by atoms with Crippen molar-refractivity contribution >= 4 is 11.9 Å². The Labute approximate surface area is 161 Å². The Bertz CT molecular complexity index is 813. The van der Waals surface area contributed by atoms with Gasteiger partial charge in [0.25, 0.3) is 5.56 Å². The van der Waals surface area contributed by atoms with Gasteiger partial charge in [0, 0.05) is 19.9 Å². The molecule has 0 amide bonds. The van der Waals surface area contributed by atoms with E-state index >= 15 is 0 Å². The van der Waals surface area contributed by atoms with Gasteiger partial charge in [0.2, 0.25) is 5.79 Å². The molecule has 2 aliphatic heterocycles. The molecular weight excluding hydrogens is 373 g/mol. The van der Waals surface area contributed by atoms with E-state index in [0.717, 1.165) is 0 Å². The number of pyridine rings is 1. The van der Waals surface area contributed by atoms with Gasteiger partial charge in [-0.3, -0.25) is 18.8 Å². The van der Waals surface area contributed by atoms with Crippen LogP contribution >= 0.6 is 0 Å². The molecule has 154 valence electrons. The van der Waals surface area contributed by atoms with Crippen LogP contribution in [0, 0.1) is 0 Å². The van der Waals surface area contributed by atoms with Crippen LogP contribution in [0.25, 0.3) is 0 Å². The van der Waals surface area contributed by atoms with Crippen molar-refractivity contribution in [2.24, 2.45) is 0 Å². The average molecular weight is 397 g/mol. The van der Waals surface area contributed by atoms with Crippen LogP contribution in [0.15, 0.2) is 10.9 Å². The lowest BCUT2D eigenvalue weighted by molar-refractivity contribution is -0.163. The maximum atomic E-state index is 13.2. The predicted molar refractivity (Wildman–Crippen MR) is 94.3 cm³/mol. The van der Waals surface area contributed by atoms with Crippen LogP contribution < -0.4 is 5.56 Å². The number of rotatable bonds is 7. The molecule has 1 aromatic rings. The van der Waals surface area contributed by atoms with E-state index in [9.17, 15) is 18.8 Å². The van der Waals surface area contributed by atoms with Gasteiger partial charge in [0.1, 0.15) is 6.61 Å². The molecule has 1 atom stereocenters. The zero-order valence-electron chi connectivity index (χ0n) is 16.0. The summed E-state index contributed by atoms with van der Waals surface area (Å²) in [5, 5.41) is 0. The molecule has 2 aliphatic rings. The summed E-state index contributed by atoms with van der Waals surface area (Å²) in [6, 6.07) is 1.63. The number of hydrogen-bond donors (Lipinski definition) is 0. The Morgan fingerprint density at radius 1 is 1.32 bits per heavy atom. The number of fused-ring (bicyclic) bond motifs is 2. The minimum Gasteiger partial charge on any atom is -0.466 e. The number of carbonyl (C=O) groups is 2. The fourth-order valence-electron chi connectivity index (χ4n) is 3.76. The van der Waals surface area contributed by atoms with Crippen LogP contribution in [-0.4, -0.2) is 43.0 Å². The standard InChI is InChI=1S/C19H24FNO7/c1-3-25-18(24)13(4-6-20)14-10-16-19(27-8-9-28-19)5-7-21(16)17(23)15(14)11-26-12(2)22/h10,13H,3-9,11H2,1-2H3. The number of hydrogen-bond acceptors (Lipinski definition) is 7. The molecule has 0 bridgehead atoms. The van der Waals surface area contributed by atoms with Gasteiger partial charge in [0.15, 0.2) is 0 Å². The Morgan fingerprint density at radius 3 is 2.64 bits per heavy atom. The first-order chi connectivity index (χ1) is 13.4. The second kappa shape index (κ2) is 8.40. The number of carbonyl (C=O) groups excluding carboxylic acids is 2. The summed E-state index contributed by atoms with van der Waals surface area (Å²) in [5.41, 5.74) is 0.511. The highest BCUT2D eigenvalue weighted by molar-refractivity contribution is 5.78. The summed E-state index contributed by atoms with van der Waals surface area (Å²) in [6.07, 6.45) is 0.301. The summed E-state index contributed by atoms with van der Waals surface area (Å²) < 4.78 is 36.4. The van der Waals surface area contributed by atoms with E-state index in [1.54, 1.807) is 13.0 Å². The van der Waals surface area contributed by atoms with Gasteiger partial charge >= 0.3 is 11.9 Å². The molecule has 0 N–H and O–H groups in total. The molecule has 1 spiro atoms. The number of nitrogens with zero attached hydrogens (tertiary/aromatic N) is 1. The van der Waals surface area contributed by atoms with E-state index < -0.39 is 35.9 Å². The van der Waals surface area contributed by atoms with Crippen LogP contribution in [-0.2, 0) is 47.5 Å². The van der Waals surface area contributed by atoms with Gasteiger partial charge in [0.05, 0.1) is 43.7 Å². The van der Waals surface area contributed by atoms with Crippen molar-refractivity contribution in [1.82, 2.24) is 4.57 Å². The minimum atomic E-state index is -1.04. The molecule has 3 rings (SSSR count). The lowest BCUT2D eigenvalue weighted by atomic mass is 9.91. The molecule has 1 aromatic heterocycles. The lowest BCUT2D eigenvalue weighted by Gasteiger charge is -2.25. The van der Waals surface area contributed by atoms with Crippen molar-refractivity contribution in [3.8, 4) is 0 Å². The third-order valence-corrected chi connectivity index (χ3v) is 5.01. The maximum Gasteiger partial charge on any atom is 0.313 e. The van der Waals surface area contributed by atoms with E-state index in [4.69, 9.17) is 18.9 Å². The lowest BCUT2D eigenvalue weighted by Crippen LogP contribution is -2.32. The van der Waals surface area contributed by atoms with E-state index in [1.807, 2.05) is 0 Å². The van der Waals surface area contributed by atoms with E-state index in [2.05, 4.69) is 0 Å². The number of alkyl halides is 1. The maximum absolute atomic E-state index is 13.2. The number of halogens is 1. The second-order valence-electron chi connectivity index (χ2n) is 6.68. The first-order valence-corrected chi connectivity index (χ1v) is 9.34. The quantitative estimate of drug-likeness (QED) is 0.644. The highest BCUT2D eigenvalue weighted by atomic mass is 19.1. The third-order valence-electron chi connectivity index (χ3n) is 5.01. The summed E-state index contributed by atoms with van der Waals surface area (Å²) in [4.78, 5) is 36.9. The fourth-order valence-corrected chi connectivity index (χ4v) is 3.76. The average Bonchev–Trinajstić information content (AvgIpc) is 3.27. The Balaban J connectivity index is 2.14. The molecule has 1 unspecified atom stereocenters. The summed E-state index contributed by atoms with van der Waals surface area (Å²) in [5.74, 6) is -3.22. The number of ether oxygens (including phenoxy) is 4. The Hall–Kier alpha value is -2.26. The van der Waals surface area contributed by atoms with Gasteiger partial charge in [-0.2, -0.15) is 0 Å². The summed E-state index contributed by atoms with van der Waals surface area (Å²) >= 11 is 0. The highest BCUT2D eigenvalue weighted by Gasteiger charge is 2.46. The van der Waals surface area contributed by atoms with E-state index in [1.165, 1.54) is 11.5 Å². The van der Waals surface area contributed by atoms with Crippen molar-refractivity contribution < 1.29 is 32.9 Å². The van der Waals surface area contributed by atoms with Crippen LogP contribution in [0.3, 0.4) is 0 Å². The van der Waals surface area contributed by atoms with Gasteiger partial charge < -0.3 is 23.5 Å². The minimum absolute atomic E-state index is 0.126. The first kappa shape index (κ1) is 20.5. The molecule has 8 nitrogen and oxygen atoms in total. The monoisotopic (exact) mass is 397 g/mol. The third kappa shape index (κ3) is 3.68. The Morgan fingerprint density at radius 2 is 2.04 bits per heavy atom. The normalized spacial score (nSPS) is 18.1. The number of esters is 2. The fraction of sp³-hybridized carbons (Fsp3) is 0.632. The highest BCUT2D eigenvalue weighted by Crippen LogP contribution is 2.41. The van der Waals surface area contributed by atoms with Crippen LogP contribution in [0.5, 0.6) is 0 Å². The molecule has 0 saturated carbocycles. The van der Waals surface area contributed by atoms with Crippen LogP contribution in [0.4, 0.5) is 4.39 Å². The van der Waals surface area contributed by atoms with Gasteiger partial charge in [-0.25, -0.2) is 0 Å². The number of aromatic nitrogens is 1. The molecule has 0 radical (unpaired) electrons. The molecule has 0 aliphatic carbocycles. The molecular formula is C19H24FNO7. The van der Waals surface area contributed by atoms with Crippen molar-refractivity contribution in [2.75, 3.05) is 26.5 Å².